The highest BCUT2D eigenvalue weighted by Gasteiger charge is 2.31. The van der Waals surface area contributed by atoms with Gasteiger partial charge in [-0.05, 0) is 42.5 Å². The second kappa shape index (κ2) is 11.9. The standard InChI is InChI=1S/C27H29F3N4O2S/c1-18(35)31-15-14-25-32-33-26(34(25)23-9-5-8-22(16-23)27(28,29)30)37-17-24(36)21-12-10-20(11-13-21)19-6-3-2-4-7-19/h5,8-13,16,19H,2-4,6-7,14-15,17H2,1H3,(H,31,35). The predicted molar refractivity (Wildman–Crippen MR) is 136 cm³/mol. The average Bonchev–Trinajstić information content (AvgIpc) is 3.30. The van der Waals surface area contributed by atoms with Crippen LogP contribution in [0.1, 0.15) is 72.3 Å². The lowest BCUT2D eigenvalue weighted by Crippen LogP contribution is -2.23. The van der Waals surface area contributed by atoms with Crippen LogP contribution in [0.2, 0.25) is 0 Å². The fraction of sp³-hybridized carbons (Fsp3) is 0.407. The van der Waals surface area contributed by atoms with Gasteiger partial charge in [0.05, 0.1) is 11.3 Å². The van der Waals surface area contributed by atoms with Crippen molar-refractivity contribution in [3.8, 4) is 5.69 Å². The molecule has 1 aliphatic carbocycles. The zero-order valence-corrected chi connectivity index (χ0v) is 21.4. The van der Waals surface area contributed by atoms with Crippen molar-refractivity contribution in [1.29, 1.82) is 0 Å². The average molecular weight is 531 g/mol. The number of carbonyl (C=O) groups excluding carboxylic acids is 2. The number of ketones is 1. The summed E-state index contributed by atoms with van der Waals surface area (Å²) in [6.45, 7) is 1.63. The largest absolute Gasteiger partial charge is 0.416 e. The number of halogens is 3. The Bertz CT molecular complexity index is 1240. The zero-order valence-electron chi connectivity index (χ0n) is 20.6. The fourth-order valence-corrected chi connectivity index (χ4v) is 5.44. The summed E-state index contributed by atoms with van der Waals surface area (Å²) >= 11 is 1.12. The Kier molecular flexibility index (Phi) is 8.68. The van der Waals surface area contributed by atoms with Crippen molar-refractivity contribution < 1.29 is 22.8 Å². The van der Waals surface area contributed by atoms with Crippen molar-refractivity contribution in [1.82, 2.24) is 20.1 Å². The predicted octanol–water partition coefficient (Wildman–Crippen LogP) is 5.99. The Labute approximate surface area is 218 Å². The summed E-state index contributed by atoms with van der Waals surface area (Å²) in [5.41, 5.74) is 1.29. The topological polar surface area (TPSA) is 76.9 Å². The van der Waals surface area contributed by atoms with Crippen molar-refractivity contribution in [2.45, 2.75) is 62.7 Å². The number of hydrogen-bond donors (Lipinski definition) is 1. The van der Waals surface area contributed by atoms with Crippen LogP contribution in [0.5, 0.6) is 0 Å². The van der Waals surface area contributed by atoms with E-state index in [2.05, 4.69) is 15.5 Å². The third kappa shape index (κ3) is 7.00. The number of nitrogens with one attached hydrogen (secondary N) is 1. The van der Waals surface area contributed by atoms with E-state index in [9.17, 15) is 22.8 Å². The lowest BCUT2D eigenvalue weighted by Gasteiger charge is -2.22. The van der Waals surface area contributed by atoms with E-state index in [0.717, 1.165) is 23.9 Å². The lowest BCUT2D eigenvalue weighted by atomic mass is 9.84. The fourth-order valence-electron chi connectivity index (χ4n) is 4.58. The molecule has 0 unspecified atom stereocenters. The molecule has 2 aromatic carbocycles. The molecule has 3 aromatic rings. The molecule has 37 heavy (non-hydrogen) atoms. The van der Waals surface area contributed by atoms with Gasteiger partial charge in [-0.15, -0.1) is 10.2 Å². The monoisotopic (exact) mass is 530 g/mol. The quantitative estimate of drug-likeness (QED) is 0.272. The molecule has 0 spiro atoms. The van der Waals surface area contributed by atoms with Crippen molar-refractivity contribution in [2.24, 2.45) is 0 Å². The minimum absolute atomic E-state index is 0.0611. The van der Waals surface area contributed by atoms with Gasteiger partial charge in [0.15, 0.2) is 10.9 Å². The van der Waals surface area contributed by atoms with Gasteiger partial charge in [0.1, 0.15) is 5.82 Å². The van der Waals surface area contributed by atoms with Gasteiger partial charge in [-0.2, -0.15) is 13.2 Å². The Morgan fingerprint density at radius 3 is 2.46 bits per heavy atom. The van der Waals surface area contributed by atoms with Crippen molar-refractivity contribution >= 4 is 23.5 Å². The first-order valence-electron chi connectivity index (χ1n) is 12.3. The highest BCUT2D eigenvalue weighted by molar-refractivity contribution is 7.99. The molecule has 196 valence electrons. The number of rotatable bonds is 9. The minimum Gasteiger partial charge on any atom is -0.356 e. The molecule has 1 amide bonds. The van der Waals surface area contributed by atoms with E-state index in [4.69, 9.17) is 0 Å². The van der Waals surface area contributed by atoms with Gasteiger partial charge in [0, 0.05) is 31.1 Å². The third-order valence-corrected chi connectivity index (χ3v) is 7.43. The summed E-state index contributed by atoms with van der Waals surface area (Å²) in [5.74, 6) is 0.679. The summed E-state index contributed by atoms with van der Waals surface area (Å²) in [4.78, 5) is 24.2. The molecular weight excluding hydrogens is 501 g/mol. The summed E-state index contributed by atoms with van der Waals surface area (Å²) in [7, 11) is 0. The highest BCUT2D eigenvalue weighted by atomic mass is 32.2. The smallest absolute Gasteiger partial charge is 0.356 e. The Morgan fingerprint density at radius 1 is 1.05 bits per heavy atom. The number of amides is 1. The molecule has 1 aromatic heterocycles. The van der Waals surface area contributed by atoms with Crippen LogP contribution in [-0.4, -0.2) is 38.8 Å². The number of nitrogens with zero attached hydrogens (tertiary/aromatic N) is 3. The van der Waals surface area contributed by atoms with Crippen LogP contribution >= 0.6 is 11.8 Å². The van der Waals surface area contributed by atoms with Crippen LogP contribution in [0.25, 0.3) is 5.69 Å². The van der Waals surface area contributed by atoms with Crippen LogP contribution in [-0.2, 0) is 17.4 Å². The first-order chi connectivity index (χ1) is 17.7. The first kappa shape index (κ1) is 26.9. The molecule has 0 saturated heterocycles. The summed E-state index contributed by atoms with van der Waals surface area (Å²) < 4.78 is 41.6. The highest BCUT2D eigenvalue weighted by Crippen LogP contribution is 2.33. The molecule has 10 heteroatoms. The maximum atomic E-state index is 13.4. The van der Waals surface area contributed by atoms with Gasteiger partial charge >= 0.3 is 6.18 Å². The van der Waals surface area contributed by atoms with E-state index < -0.39 is 11.7 Å². The van der Waals surface area contributed by atoms with E-state index >= 15 is 0 Å². The second-order valence-corrected chi connectivity index (χ2v) is 10.1. The Balaban J connectivity index is 1.52. The molecule has 6 nitrogen and oxygen atoms in total. The number of alkyl halides is 3. The van der Waals surface area contributed by atoms with Gasteiger partial charge < -0.3 is 5.32 Å². The molecule has 0 radical (unpaired) electrons. The minimum atomic E-state index is -4.51. The molecule has 1 aliphatic rings. The number of hydrogen-bond acceptors (Lipinski definition) is 5. The molecule has 0 aliphatic heterocycles. The number of benzene rings is 2. The van der Waals surface area contributed by atoms with E-state index in [-0.39, 0.29) is 36.1 Å². The van der Waals surface area contributed by atoms with Gasteiger partial charge in [-0.3, -0.25) is 14.2 Å². The number of thioether (sulfide) groups is 1. The summed E-state index contributed by atoms with van der Waals surface area (Å²) in [6, 6.07) is 12.6. The van der Waals surface area contributed by atoms with E-state index in [1.54, 1.807) is 0 Å². The molecule has 0 bridgehead atoms. The number of Topliss-reactive ketones (excluding diaryl/α,β-unsaturated/α-hetero) is 1. The van der Waals surface area contributed by atoms with Gasteiger partial charge in [-0.25, -0.2) is 0 Å². The van der Waals surface area contributed by atoms with Crippen LogP contribution in [0.15, 0.2) is 53.7 Å². The number of aromatic nitrogens is 3. The van der Waals surface area contributed by atoms with Gasteiger partial charge in [0.25, 0.3) is 0 Å². The molecule has 4 rings (SSSR count). The zero-order chi connectivity index (χ0) is 26.4. The lowest BCUT2D eigenvalue weighted by molar-refractivity contribution is -0.137. The van der Waals surface area contributed by atoms with E-state index in [1.807, 2.05) is 24.3 Å². The first-order valence-corrected chi connectivity index (χ1v) is 13.3. The van der Waals surface area contributed by atoms with Crippen LogP contribution in [0, 0.1) is 0 Å². The third-order valence-electron chi connectivity index (χ3n) is 6.50. The van der Waals surface area contributed by atoms with E-state index in [1.165, 1.54) is 61.3 Å². The van der Waals surface area contributed by atoms with Crippen molar-refractivity contribution in [3.63, 3.8) is 0 Å². The molecule has 1 heterocycles. The molecular formula is C27H29F3N4O2S. The Hall–Kier alpha value is -3.14. The van der Waals surface area contributed by atoms with Crippen LogP contribution in [0.4, 0.5) is 13.2 Å². The Morgan fingerprint density at radius 2 is 1.78 bits per heavy atom. The van der Waals surface area contributed by atoms with Crippen molar-refractivity contribution in [3.05, 3.63) is 71.0 Å². The molecule has 1 saturated carbocycles. The SMILES string of the molecule is CC(=O)NCCc1nnc(SCC(=O)c2ccc(C3CCCCC3)cc2)n1-c1cccc(C(F)(F)F)c1. The van der Waals surface area contributed by atoms with Crippen molar-refractivity contribution in [2.75, 3.05) is 12.3 Å². The molecule has 1 fully saturated rings. The molecule has 1 N–H and O–H groups in total. The maximum absolute atomic E-state index is 13.4. The second-order valence-electron chi connectivity index (χ2n) is 9.18. The molecule has 0 atom stereocenters. The normalized spacial score (nSPS) is 14.5. The van der Waals surface area contributed by atoms with Crippen LogP contribution < -0.4 is 5.32 Å². The summed E-state index contributed by atoms with van der Waals surface area (Å²) in [5, 5.41) is 11.3. The van der Waals surface area contributed by atoms with E-state index in [0.29, 0.717) is 22.5 Å². The number of carbonyl (C=O) groups is 2. The van der Waals surface area contributed by atoms with Gasteiger partial charge in [0.2, 0.25) is 5.91 Å². The summed E-state index contributed by atoms with van der Waals surface area (Å²) in [6.07, 6.45) is 1.87. The van der Waals surface area contributed by atoms with Crippen LogP contribution in [0.3, 0.4) is 0 Å². The maximum Gasteiger partial charge on any atom is 0.416 e. The van der Waals surface area contributed by atoms with Gasteiger partial charge in [-0.1, -0.05) is 61.4 Å².